The molecule has 0 saturated heterocycles. The Morgan fingerprint density at radius 1 is 1.47 bits per heavy atom. The first-order valence-electron chi connectivity index (χ1n) is 6.52. The molecule has 2 rings (SSSR count). The lowest BCUT2D eigenvalue weighted by atomic mass is 9.91. The highest BCUT2D eigenvalue weighted by atomic mass is 32.2. The molecule has 1 aromatic rings. The zero-order chi connectivity index (χ0) is 13.8. The first-order chi connectivity index (χ1) is 9.11. The fourth-order valence-corrected chi connectivity index (χ4v) is 4.11. The number of hydrogen-bond acceptors (Lipinski definition) is 5. The summed E-state index contributed by atoms with van der Waals surface area (Å²) in [4.78, 5) is 11.6. The molecule has 0 heterocycles. The van der Waals surface area contributed by atoms with Gasteiger partial charge in [-0.05, 0) is 30.9 Å². The van der Waals surface area contributed by atoms with Crippen molar-refractivity contribution in [2.75, 3.05) is 5.43 Å². The van der Waals surface area contributed by atoms with E-state index >= 15 is 0 Å². The Labute approximate surface area is 117 Å². The van der Waals surface area contributed by atoms with Crippen LogP contribution in [0, 0.1) is 16.0 Å². The lowest BCUT2D eigenvalue weighted by molar-refractivity contribution is -0.386. The molecule has 0 spiro atoms. The molecule has 0 radical (unpaired) electrons. The number of benzene rings is 1. The van der Waals surface area contributed by atoms with E-state index < -0.39 is 0 Å². The Morgan fingerprint density at radius 3 is 2.89 bits per heavy atom. The number of nitro groups is 1. The number of rotatable bonds is 4. The molecule has 1 aromatic carbocycles. The molecule has 2 atom stereocenters. The SMILES string of the molecule is CC1CCCC(Sc2cccc(NN)c2[N+](=O)[O-])C1. The highest BCUT2D eigenvalue weighted by Crippen LogP contribution is 2.42. The van der Waals surface area contributed by atoms with E-state index in [9.17, 15) is 10.1 Å². The van der Waals surface area contributed by atoms with Crippen molar-refractivity contribution in [2.45, 2.75) is 42.8 Å². The van der Waals surface area contributed by atoms with Crippen LogP contribution in [-0.4, -0.2) is 10.2 Å². The maximum atomic E-state index is 11.2. The van der Waals surface area contributed by atoms with E-state index in [4.69, 9.17) is 5.84 Å². The highest BCUT2D eigenvalue weighted by Gasteiger charge is 2.25. The van der Waals surface area contributed by atoms with Gasteiger partial charge in [-0.25, -0.2) is 0 Å². The van der Waals surface area contributed by atoms with Crippen LogP contribution in [0.5, 0.6) is 0 Å². The van der Waals surface area contributed by atoms with Gasteiger partial charge < -0.3 is 5.43 Å². The van der Waals surface area contributed by atoms with Crippen molar-refractivity contribution >= 4 is 23.1 Å². The largest absolute Gasteiger partial charge is 0.318 e. The summed E-state index contributed by atoms with van der Waals surface area (Å²) in [7, 11) is 0. The summed E-state index contributed by atoms with van der Waals surface area (Å²) in [5.74, 6) is 6.06. The van der Waals surface area contributed by atoms with Gasteiger partial charge in [0, 0.05) is 5.25 Å². The van der Waals surface area contributed by atoms with Crippen LogP contribution in [-0.2, 0) is 0 Å². The molecule has 1 aliphatic rings. The van der Waals surface area contributed by atoms with Crippen molar-refractivity contribution in [3.05, 3.63) is 28.3 Å². The molecule has 1 aliphatic carbocycles. The van der Waals surface area contributed by atoms with Gasteiger partial charge in [0.15, 0.2) is 0 Å². The van der Waals surface area contributed by atoms with Crippen molar-refractivity contribution in [1.29, 1.82) is 0 Å². The van der Waals surface area contributed by atoms with Gasteiger partial charge in [0.1, 0.15) is 5.69 Å². The van der Waals surface area contributed by atoms with Crippen LogP contribution < -0.4 is 11.3 Å². The molecule has 3 N–H and O–H groups in total. The molecule has 6 heteroatoms. The normalized spacial score (nSPS) is 23.1. The average molecular weight is 281 g/mol. The quantitative estimate of drug-likeness (QED) is 0.501. The second-order valence-electron chi connectivity index (χ2n) is 5.07. The Balaban J connectivity index is 2.21. The Kier molecular flexibility index (Phi) is 4.66. The number of nitro benzene ring substituents is 1. The number of thioether (sulfide) groups is 1. The van der Waals surface area contributed by atoms with E-state index in [0.717, 1.165) is 12.8 Å². The van der Waals surface area contributed by atoms with Gasteiger partial charge in [-0.15, -0.1) is 11.8 Å². The predicted molar refractivity (Wildman–Crippen MR) is 78.2 cm³/mol. The Morgan fingerprint density at radius 2 is 2.26 bits per heavy atom. The second-order valence-corrected chi connectivity index (χ2v) is 6.41. The van der Waals surface area contributed by atoms with E-state index in [1.54, 1.807) is 23.9 Å². The molecule has 1 saturated carbocycles. The fourth-order valence-electron chi connectivity index (χ4n) is 2.59. The third-order valence-corrected chi connectivity index (χ3v) is 4.86. The highest BCUT2D eigenvalue weighted by molar-refractivity contribution is 8.00. The van der Waals surface area contributed by atoms with Crippen LogP contribution >= 0.6 is 11.8 Å². The van der Waals surface area contributed by atoms with Crippen molar-refractivity contribution in [1.82, 2.24) is 0 Å². The summed E-state index contributed by atoms with van der Waals surface area (Å²) in [5.41, 5.74) is 2.87. The van der Waals surface area contributed by atoms with Crippen LogP contribution in [0.2, 0.25) is 0 Å². The van der Waals surface area contributed by atoms with Gasteiger partial charge in [0.05, 0.1) is 9.82 Å². The van der Waals surface area contributed by atoms with Crippen LogP contribution in [0.15, 0.2) is 23.1 Å². The zero-order valence-corrected chi connectivity index (χ0v) is 11.8. The summed E-state index contributed by atoms with van der Waals surface area (Å²) >= 11 is 1.62. The Bertz CT molecular complexity index is 467. The number of nitrogens with one attached hydrogen (secondary N) is 1. The van der Waals surface area contributed by atoms with Gasteiger partial charge >= 0.3 is 5.69 Å². The van der Waals surface area contributed by atoms with Crippen molar-refractivity contribution in [2.24, 2.45) is 11.8 Å². The molecule has 104 valence electrons. The van der Waals surface area contributed by atoms with Crippen molar-refractivity contribution < 1.29 is 4.92 Å². The number of para-hydroxylation sites is 1. The summed E-state index contributed by atoms with van der Waals surface area (Å²) in [6.45, 7) is 2.25. The van der Waals surface area contributed by atoms with Gasteiger partial charge in [0.2, 0.25) is 0 Å². The van der Waals surface area contributed by atoms with Crippen molar-refractivity contribution in [3.63, 3.8) is 0 Å². The van der Waals surface area contributed by atoms with E-state index in [0.29, 0.717) is 21.8 Å². The molecule has 19 heavy (non-hydrogen) atoms. The molecular weight excluding hydrogens is 262 g/mol. The number of anilines is 1. The number of nitrogen functional groups attached to an aromatic ring is 1. The number of nitrogens with two attached hydrogens (primary N) is 1. The molecular formula is C13H19N3O2S. The van der Waals surface area contributed by atoms with E-state index in [1.165, 1.54) is 12.8 Å². The summed E-state index contributed by atoms with van der Waals surface area (Å²) in [5, 5.41) is 11.7. The molecule has 0 bridgehead atoms. The minimum Gasteiger partial charge on any atom is -0.318 e. The molecule has 1 fully saturated rings. The van der Waals surface area contributed by atoms with Crippen LogP contribution in [0.4, 0.5) is 11.4 Å². The average Bonchev–Trinajstić information content (AvgIpc) is 2.38. The van der Waals surface area contributed by atoms with Crippen LogP contribution in [0.3, 0.4) is 0 Å². The molecule has 0 aliphatic heterocycles. The van der Waals surface area contributed by atoms with Crippen molar-refractivity contribution in [3.8, 4) is 0 Å². The third-order valence-electron chi connectivity index (χ3n) is 3.52. The number of hydrogen-bond donors (Lipinski definition) is 2. The van der Waals surface area contributed by atoms with Crippen LogP contribution in [0.1, 0.15) is 32.6 Å². The molecule has 0 aromatic heterocycles. The standard InChI is InChI=1S/C13H19N3O2S/c1-9-4-2-5-10(8-9)19-12-7-3-6-11(15-14)13(12)16(17)18/h3,6-7,9-10,15H,2,4-5,8,14H2,1H3. The van der Waals surface area contributed by atoms with Gasteiger partial charge in [0.25, 0.3) is 0 Å². The zero-order valence-electron chi connectivity index (χ0n) is 11.0. The summed E-state index contributed by atoms with van der Waals surface area (Å²) in [6.07, 6.45) is 4.74. The lowest BCUT2D eigenvalue weighted by Crippen LogP contribution is -2.15. The van der Waals surface area contributed by atoms with Gasteiger partial charge in [-0.3, -0.25) is 16.0 Å². The summed E-state index contributed by atoms with van der Waals surface area (Å²) in [6, 6.07) is 5.24. The van der Waals surface area contributed by atoms with E-state index in [1.807, 2.05) is 6.07 Å². The van der Waals surface area contributed by atoms with Crippen LogP contribution in [0.25, 0.3) is 0 Å². The first kappa shape index (κ1) is 14.1. The number of hydrazine groups is 1. The number of nitrogens with zero attached hydrogens (tertiary/aromatic N) is 1. The molecule has 5 nitrogen and oxygen atoms in total. The fraction of sp³-hybridized carbons (Fsp3) is 0.538. The van der Waals surface area contributed by atoms with E-state index in [2.05, 4.69) is 12.3 Å². The third kappa shape index (κ3) is 3.39. The molecule has 2 unspecified atom stereocenters. The molecule has 0 amide bonds. The minimum absolute atomic E-state index is 0.0910. The van der Waals surface area contributed by atoms with Gasteiger partial charge in [-0.1, -0.05) is 25.8 Å². The van der Waals surface area contributed by atoms with Gasteiger partial charge in [-0.2, -0.15) is 0 Å². The predicted octanol–water partition coefficient (Wildman–Crippen LogP) is 3.55. The van der Waals surface area contributed by atoms with E-state index in [-0.39, 0.29) is 10.6 Å². The first-order valence-corrected chi connectivity index (χ1v) is 7.40. The monoisotopic (exact) mass is 281 g/mol. The maximum absolute atomic E-state index is 11.2. The smallest absolute Gasteiger partial charge is 0.307 e. The lowest BCUT2D eigenvalue weighted by Gasteiger charge is -2.26. The summed E-state index contributed by atoms with van der Waals surface area (Å²) < 4.78 is 0. The minimum atomic E-state index is -0.357. The maximum Gasteiger partial charge on any atom is 0.307 e. The Hall–Kier alpha value is -1.27. The topological polar surface area (TPSA) is 81.2 Å². The second kappa shape index (κ2) is 6.25.